The van der Waals surface area contributed by atoms with E-state index in [1.165, 1.54) is 205 Å². The second kappa shape index (κ2) is 69.8. The Balaban J connectivity index is 4.08. The summed E-state index contributed by atoms with van der Waals surface area (Å²) < 4.78 is 23.0. The maximum absolute atomic E-state index is 13.0. The van der Waals surface area contributed by atoms with Crippen molar-refractivity contribution < 1.29 is 42.9 Å². The standard InChI is InChI=1S/C80H139NO8/c1-6-8-10-12-14-16-18-20-22-24-26-28-30-32-33-34-35-36-37-38-39-40-41-42-43-44-45-47-49-51-53-55-57-59-61-63-65-67-69-71-78(83)89-76(75-88-80(79(84)85)86-73-72-81(3,4)5)74-87-77(82)70-68-66-64-62-60-58-56-54-52-50-48-46-31-29-27-25-23-21-19-17-15-13-11-9-7-2/h8,10,14,16,20,22,25-28,32-33,35-36,38-39,41-42,76,80H,6-7,9,11-13,15,17-19,21,23-24,29-31,34,37,40,43-75H2,1-5H3/p+1/b10-8-,16-14-,22-20-,27-25-,28-26-,33-32-,36-35-,39-38-,42-41-. The van der Waals surface area contributed by atoms with Gasteiger partial charge in [0.25, 0.3) is 6.29 Å². The zero-order valence-electron chi connectivity index (χ0n) is 58.6. The fourth-order valence-electron chi connectivity index (χ4n) is 10.4. The van der Waals surface area contributed by atoms with E-state index in [4.69, 9.17) is 18.9 Å². The molecule has 0 saturated carbocycles. The number of hydrogen-bond donors (Lipinski definition) is 1. The van der Waals surface area contributed by atoms with Crippen molar-refractivity contribution in [2.24, 2.45) is 0 Å². The number of carboxylic acid groups (broad SMARTS) is 1. The fraction of sp³-hybridized carbons (Fsp3) is 0.738. The van der Waals surface area contributed by atoms with Gasteiger partial charge in [0.1, 0.15) is 13.2 Å². The molecule has 0 aromatic carbocycles. The highest BCUT2D eigenvalue weighted by Gasteiger charge is 2.25. The van der Waals surface area contributed by atoms with E-state index in [1.807, 2.05) is 21.1 Å². The van der Waals surface area contributed by atoms with E-state index in [9.17, 15) is 19.5 Å². The minimum Gasteiger partial charge on any atom is -0.477 e. The molecular formula is C80H140NO8+. The third kappa shape index (κ3) is 71.3. The summed E-state index contributed by atoms with van der Waals surface area (Å²) in [6, 6.07) is 0. The molecule has 2 atom stereocenters. The monoisotopic (exact) mass is 1240 g/mol. The number of likely N-dealkylation sites (N-methyl/N-ethyl adjacent to an activating group) is 1. The summed E-state index contributed by atoms with van der Waals surface area (Å²) in [6.07, 6.45) is 95.0. The van der Waals surface area contributed by atoms with Gasteiger partial charge in [0.15, 0.2) is 6.10 Å². The van der Waals surface area contributed by atoms with Crippen LogP contribution in [0.3, 0.4) is 0 Å². The zero-order valence-corrected chi connectivity index (χ0v) is 58.6. The topological polar surface area (TPSA) is 108 Å². The van der Waals surface area contributed by atoms with E-state index in [0.29, 0.717) is 17.4 Å². The van der Waals surface area contributed by atoms with E-state index in [2.05, 4.69) is 123 Å². The number of nitrogens with zero attached hydrogens (tertiary/aromatic N) is 1. The van der Waals surface area contributed by atoms with Gasteiger partial charge < -0.3 is 28.5 Å². The summed E-state index contributed by atoms with van der Waals surface area (Å²) in [7, 11) is 5.98. The van der Waals surface area contributed by atoms with E-state index in [0.717, 1.165) is 89.9 Å². The Bertz CT molecular complexity index is 1830. The summed E-state index contributed by atoms with van der Waals surface area (Å²) in [5, 5.41) is 9.76. The molecule has 0 spiro atoms. The minimum absolute atomic E-state index is 0.183. The SMILES string of the molecule is CC/C=C\C/C=C\C/C=C\C/C=C\C/C=C\C/C=C\C/C=C\C/C=C\CCCCCCCCCCCCCCCCC(=O)OC(COC(=O)CCCCCCCCCCCCCCC/C=C\CCCCCCCCCC)COC(OCC[N+](C)(C)C)C(=O)O. The molecule has 0 heterocycles. The van der Waals surface area contributed by atoms with Gasteiger partial charge in [-0.15, -0.1) is 0 Å². The van der Waals surface area contributed by atoms with Crippen LogP contribution in [0.5, 0.6) is 0 Å². The van der Waals surface area contributed by atoms with E-state index < -0.39 is 24.3 Å². The van der Waals surface area contributed by atoms with Gasteiger partial charge in [0.05, 0.1) is 34.4 Å². The van der Waals surface area contributed by atoms with Gasteiger partial charge >= 0.3 is 17.9 Å². The van der Waals surface area contributed by atoms with E-state index >= 15 is 0 Å². The van der Waals surface area contributed by atoms with Crippen molar-refractivity contribution in [3.05, 3.63) is 109 Å². The van der Waals surface area contributed by atoms with Crippen LogP contribution < -0.4 is 0 Å². The fourth-order valence-corrected chi connectivity index (χ4v) is 10.4. The van der Waals surface area contributed by atoms with Crippen LogP contribution in [0.2, 0.25) is 0 Å². The van der Waals surface area contributed by atoms with Gasteiger partial charge in [-0.05, 0) is 103 Å². The molecule has 0 saturated heterocycles. The molecular weight excluding hydrogens is 1100 g/mol. The average Bonchev–Trinajstić information content (AvgIpc) is 3.64. The van der Waals surface area contributed by atoms with Gasteiger partial charge in [-0.1, -0.05) is 316 Å². The van der Waals surface area contributed by atoms with Crippen molar-refractivity contribution in [3.8, 4) is 0 Å². The third-order valence-corrected chi connectivity index (χ3v) is 16.0. The summed E-state index contributed by atoms with van der Waals surface area (Å²) in [5.41, 5.74) is 0. The zero-order chi connectivity index (χ0) is 64.7. The number of carboxylic acids is 1. The minimum atomic E-state index is -1.51. The molecule has 0 aromatic heterocycles. The van der Waals surface area contributed by atoms with Crippen LogP contribution in [0.25, 0.3) is 0 Å². The highest BCUT2D eigenvalue weighted by Crippen LogP contribution is 2.18. The number of esters is 2. The lowest BCUT2D eigenvalue weighted by Crippen LogP contribution is -2.40. The number of quaternary nitrogens is 1. The van der Waals surface area contributed by atoms with Crippen molar-refractivity contribution in [2.45, 2.75) is 334 Å². The van der Waals surface area contributed by atoms with Gasteiger partial charge in [0, 0.05) is 12.8 Å². The smallest absolute Gasteiger partial charge is 0.361 e. The molecule has 0 fully saturated rings. The first-order chi connectivity index (χ1) is 43.6. The molecule has 0 amide bonds. The lowest BCUT2D eigenvalue weighted by Gasteiger charge is -2.25. The maximum atomic E-state index is 13.0. The van der Waals surface area contributed by atoms with Crippen LogP contribution in [0.15, 0.2) is 109 Å². The molecule has 89 heavy (non-hydrogen) atoms. The first-order valence-corrected chi connectivity index (χ1v) is 37.1. The van der Waals surface area contributed by atoms with Crippen molar-refractivity contribution in [3.63, 3.8) is 0 Å². The second-order valence-electron chi connectivity index (χ2n) is 25.9. The lowest BCUT2D eigenvalue weighted by molar-refractivity contribution is -0.870. The first kappa shape index (κ1) is 85.0. The number of ether oxygens (including phenoxy) is 4. The molecule has 0 aliphatic carbocycles. The molecule has 0 radical (unpaired) electrons. The first-order valence-electron chi connectivity index (χ1n) is 37.1. The Hall–Kier alpha value is -4.05. The molecule has 0 aliphatic rings. The summed E-state index contributed by atoms with van der Waals surface area (Å²) in [4.78, 5) is 37.7. The van der Waals surface area contributed by atoms with Gasteiger partial charge in [-0.2, -0.15) is 0 Å². The maximum Gasteiger partial charge on any atom is 0.361 e. The second-order valence-corrected chi connectivity index (χ2v) is 25.9. The number of rotatable bonds is 68. The Kier molecular flexibility index (Phi) is 66.7. The van der Waals surface area contributed by atoms with Gasteiger partial charge in [-0.3, -0.25) is 9.59 Å². The molecule has 0 bridgehead atoms. The number of aliphatic carboxylic acids is 1. The van der Waals surface area contributed by atoms with Crippen LogP contribution in [0.4, 0.5) is 0 Å². The largest absolute Gasteiger partial charge is 0.477 e. The molecule has 9 heteroatoms. The Labute approximate surface area is 549 Å². The summed E-state index contributed by atoms with van der Waals surface area (Å²) in [5.74, 6) is -2.00. The van der Waals surface area contributed by atoms with Crippen molar-refractivity contribution in [2.75, 3.05) is 47.5 Å². The molecule has 0 rings (SSSR count). The molecule has 0 aromatic rings. The van der Waals surface area contributed by atoms with Crippen LogP contribution in [-0.2, 0) is 33.3 Å². The number of unbranched alkanes of at least 4 members (excludes halogenated alkanes) is 35. The lowest BCUT2D eigenvalue weighted by atomic mass is 10.0. The highest BCUT2D eigenvalue weighted by molar-refractivity contribution is 5.71. The van der Waals surface area contributed by atoms with E-state index in [1.54, 1.807) is 0 Å². The summed E-state index contributed by atoms with van der Waals surface area (Å²) >= 11 is 0. The van der Waals surface area contributed by atoms with Crippen molar-refractivity contribution in [1.29, 1.82) is 0 Å². The quantitative estimate of drug-likeness (QED) is 0.0211. The number of carbonyl (C=O) groups is 3. The van der Waals surface area contributed by atoms with Crippen LogP contribution in [-0.4, -0.2) is 87.4 Å². The Morgan fingerprint density at radius 2 is 0.640 bits per heavy atom. The summed E-state index contributed by atoms with van der Waals surface area (Å²) in [6.45, 7) is 4.80. The average molecular weight is 1240 g/mol. The van der Waals surface area contributed by atoms with Crippen LogP contribution in [0.1, 0.15) is 322 Å². The predicted octanol–water partition coefficient (Wildman–Crippen LogP) is 23.4. The molecule has 2 unspecified atom stereocenters. The van der Waals surface area contributed by atoms with Crippen LogP contribution >= 0.6 is 0 Å². The molecule has 0 aliphatic heterocycles. The molecule has 9 nitrogen and oxygen atoms in total. The molecule has 1 N–H and O–H groups in total. The number of allylic oxidation sites excluding steroid dienone is 18. The van der Waals surface area contributed by atoms with Gasteiger partial charge in [-0.25, -0.2) is 4.79 Å². The Morgan fingerprint density at radius 1 is 0.348 bits per heavy atom. The molecule has 512 valence electrons. The highest BCUT2D eigenvalue weighted by atomic mass is 16.7. The number of carbonyl (C=O) groups excluding carboxylic acids is 2. The number of hydrogen-bond acceptors (Lipinski definition) is 7. The third-order valence-electron chi connectivity index (χ3n) is 16.0. The van der Waals surface area contributed by atoms with Gasteiger partial charge in [0.2, 0.25) is 0 Å². The normalized spacial score (nSPS) is 13.3. The van der Waals surface area contributed by atoms with Crippen molar-refractivity contribution in [1.82, 2.24) is 0 Å². The Morgan fingerprint density at radius 3 is 0.966 bits per heavy atom. The van der Waals surface area contributed by atoms with Crippen LogP contribution in [0, 0.1) is 0 Å². The van der Waals surface area contributed by atoms with Crippen molar-refractivity contribution >= 4 is 17.9 Å². The van der Waals surface area contributed by atoms with E-state index in [-0.39, 0.29) is 32.2 Å². The predicted molar refractivity (Wildman–Crippen MR) is 382 cm³/mol.